The van der Waals surface area contributed by atoms with Gasteiger partial charge in [0.05, 0.1) is 6.61 Å². The summed E-state index contributed by atoms with van der Waals surface area (Å²) >= 11 is 0. The number of carbonyl (C=O) groups is 1. The first kappa shape index (κ1) is 17.2. The lowest BCUT2D eigenvalue weighted by Gasteiger charge is -2.44. The summed E-state index contributed by atoms with van der Waals surface area (Å²) in [5.74, 6) is 0.874. The van der Waals surface area contributed by atoms with Crippen molar-refractivity contribution < 1.29 is 9.53 Å². The average molecular weight is 347 g/mol. The molecule has 2 aromatic rings. The highest BCUT2D eigenvalue weighted by Crippen LogP contribution is 2.32. The number of benzene rings is 2. The summed E-state index contributed by atoms with van der Waals surface area (Å²) in [6.07, 6.45) is 7.58. The third-order valence-electron chi connectivity index (χ3n) is 5.50. The van der Waals surface area contributed by atoms with Crippen molar-refractivity contribution in [3.63, 3.8) is 0 Å². The summed E-state index contributed by atoms with van der Waals surface area (Å²) in [7, 11) is 0. The van der Waals surface area contributed by atoms with E-state index in [0.717, 1.165) is 17.0 Å². The smallest absolute Gasteiger partial charge is 0.185 e. The van der Waals surface area contributed by atoms with E-state index in [2.05, 4.69) is 4.90 Å². The number of hydrogen-bond acceptors (Lipinski definition) is 3. The van der Waals surface area contributed by atoms with E-state index in [1.54, 1.807) is 6.08 Å². The summed E-state index contributed by atoms with van der Waals surface area (Å²) in [6, 6.07) is 17.7. The van der Waals surface area contributed by atoms with Crippen LogP contribution in [0, 0.1) is 5.92 Å². The third-order valence-corrected chi connectivity index (χ3v) is 5.50. The summed E-state index contributed by atoms with van der Waals surface area (Å²) in [6.45, 7) is 2.97. The average Bonchev–Trinajstić information content (AvgIpc) is 2.72. The van der Waals surface area contributed by atoms with Crippen molar-refractivity contribution in [2.45, 2.75) is 32.1 Å². The number of ketones is 1. The van der Waals surface area contributed by atoms with Crippen molar-refractivity contribution in [3.05, 3.63) is 77.4 Å². The van der Waals surface area contributed by atoms with Crippen LogP contribution in [0.25, 0.3) is 6.08 Å². The minimum atomic E-state index is 0.0250. The molecule has 0 spiro atoms. The van der Waals surface area contributed by atoms with Crippen LogP contribution in [0.4, 0.5) is 0 Å². The Balaban J connectivity index is 1.32. The molecule has 3 nitrogen and oxygen atoms in total. The highest BCUT2D eigenvalue weighted by molar-refractivity contribution is 6.06. The lowest BCUT2D eigenvalue weighted by Crippen LogP contribution is -2.49. The fraction of sp³-hybridized carbons (Fsp3) is 0.348. The SMILES string of the molecule is O=C(C=Cc1ccccc1)c1ccc(COC2CC3CCN2CC3)cc1. The van der Waals surface area contributed by atoms with Crippen molar-refractivity contribution >= 4 is 11.9 Å². The topological polar surface area (TPSA) is 29.5 Å². The minimum Gasteiger partial charge on any atom is -0.358 e. The molecule has 0 N–H and O–H groups in total. The Kier molecular flexibility index (Phi) is 5.28. The summed E-state index contributed by atoms with van der Waals surface area (Å²) in [5, 5.41) is 0. The molecule has 2 aromatic carbocycles. The number of nitrogens with zero attached hydrogens (tertiary/aromatic N) is 1. The molecular weight excluding hydrogens is 322 g/mol. The largest absolute Gasteiger partial charge is 0.358 e. The summed E-state index contributed by atoms with van der Waals surface area (Å²) in [4.78, 5) is 14.8. The van der Waals surface area contributed by atoms with Crippen molar-refractivity contribution in [2.24, 2.45) is 5.92 Å². The Hall–Kier alpha value is -2.23. The van der Waals surface area contributed by atoms with Gasteiger partial charge < -0.3 is 4.74 Å². The molecule has 0 aromatic heterocycles. The highest BCUT2D eigenvalue weighted by atomic mass is 16.5. The van der Waals surface area contributed by atoms with Gasteiger partial charge in [-0.15, -0.1) is 0 Å². The van der Waals surface area contributed by atoms with Gasteiger partial charge in [-0.25, -0.2) is 0 Å². The number of piperidine rings is 3. The van der Waals surface area contributed by atoms with E-state index >= 15 is 0 Å². The molecule has 134 valence electrons. The van der Waals surface area contributed by atoms with Crippen LogP contribution in [0.2, 0.25) is 0 Å². The molecule has 0 saturated carbocycles. The lowest BCUT2D eigenvalue weighted by atomic mass is 9.87. The van der Waals surface area contributed by atoms with E-state index in [-0.39, 0.29) is 12.0 Å². The van der Waals surface area contributed by atoms with Gasteiger partial charge in [0, 0.05) is 18.7 Å². The normalized spacial score (nSPS) is 24.8. The molecule has 3 fully saturated rings. The molecular formula is C23H25NO2. The molecule has 0 amide bonds. The maximum absolute atomic E-state index is 12.3. The van der Waals surface area contributed by atoms with Crippen LogP contribution >= 0.6 is 0 Å². The van der Waals surface area contributed by atoms with Gasteiger partial charge in [0.25, 0.3) is 0 Å². The van der Waals surface area contributed by atoms with Crippen LogP contribution in [0.3, 0.4) is 0 Å². The Labute approximate surface area is 155 Å². The molecule has 3 aliphatic heterocycles. The van der Waals surface area contributed by atoms with E-state index in [1.165, 1.54) is 32.4 Å². The first-order chi connectivity index (χ1) is 12.8. The van der Waals surface area contributed by atoms with Gasteiger partial charge in [0.1, 0.15) is 6.23 Å². The van der Waals surface area contributed by atoms with Crippen LogP contribution in [0.15, 0.2) is 60.7 Å². The molecule has 0 radical (unpaired) electrons. The molecule has 0 aliphatic carbocycles. The minimum absolute atomic E-state index is 0.0250. The van der Waals surface area contributed by atoms with Gasteiger partial charge in [-0.1, -0.05) is 60.7 Å². The fourth-order valence-electron chi connectivity index (χ4n) is 3.87. The molecule has 1 atom stereocenters. The predicted molar refractivity (Wildman–Crippen MR) is 104 cm³/mol. The quantitative estimate of drug-likeness (QED) is 0.567. The van der Waals surface area contributed by atoms with E-state index in [9.17, 15) is 4.79 Å². The predicted octanol–water partition coefficient (Wildman–Crippen LogP) is 4.54. The maximum atomic E-state index is 12.3. The summed E-state index contributed by atoms with van der Waals surface area (Å²) in [5.41, 5.74) is 2.86. The standard InChI is InChI=1S/C23H25NO2/c25-22(11-8-18-4-2-1-3-5-18)21-9-6-20(7-10-21)17-26-23-16-19-12-14-24(23)15-13-19/h1-11,19,23H,12-17H2. The Morgan fingerprint density at radius 3 is 2.42 bits per heavy atom. The first-order valence-corrected chi connectivity index (χ1v) is 9.50. The van der Waals surface area contributed by atoms with E-state index in [4.69, 9.17) is 4.74 Å². The zero-order chi connectivity index (χ0) is 17.8. The molecule has 3 heterocycles. The highest BCUT2D eigenvalue weighted by Gasteiger charge is 2.33. The monoisotopic (exact) mass is 347 g/mol. The zero-order valence-electron chi connectivity index (χ0n) is 15.0. The molecule has 1 unspecified atom stereocenters. The first-order valence-electron chi connectivity index (χ1n) is 9.50. The van der Waals surface area contributed by atoms with Crippen molar-refractivity contribution in [1.82, 2.24) is 4.90 Å². The van der Waals surface area contributed by atoms with Crippen molar-refractivity contribution in [2.75, 3.05) is 13.1 Å². The molecule has 3 heteroatoms. The Morgan fingerprint density at radius 1 is 1.04 bits per heavy atom. The number of carbonyl (C=O) groups excluding carboxylic acids is 1. The van der Waals surface area contributed by atoms with Crippen LogP contribution in [-0.2, 0) is 11.3 Å². The zero-order valence-corrected chi connectivity index (χ0v) is 15.0. The van der Waals surface area contributed by atoms with E-state index in [0.29, 0.717) is 12.2 Å². The molecule has 26 heavy (non-hydrogen) atoms. The van der Waals surface area contributed by atoms with Crippen molar-refractivity contribution in [1.29, 1.82) is 0 Å². The fourth-order valence-corrected chi connectivity index (χ4v) is 3.87. The van der Waals surface area contributed by atoms with Crippen molar-refractivity contribution in [3.8, 4) is 0 Å². The summed E-state index contributed by atoms with van der Waals surface area (Å²) < 4.78 is 6.14. The lowest BCUT2D eigenvalue weighted by molar-refractivity contribution is -0.126. The van der Waals surface area contributed by atoms with Crippen LogP contribution in [0.1, 0.15) is 40.7 Å². The van der Waals surface area contributed by atoms with Gasteiger partial charge >= 0.3 is 0 Å². The number of allylic oxidation sites excluding steroid dienone is 1. The van der Waals surface area contributed by atoms with Gasteiger partial charge in [-0.3, -0.25) is 9.69 Å². The van der Waals surface area contributed by atoms with Gasteiger partial charge in [-0.05, 0) is 42.4 Å². The number of hydrogen-bond donors (Lipinski definition) is 0. The van der Waals surface area contributed by atoms with Crippen LogP contribution in [0.5, 0.6) is 0 Å². The number of rotatable bonds is 6. The second-order valence-corrected chi connectivity index (χ2v) is 7.29. The van der Waals surface area contributed by atoms with Gasteiger partial charge in [0.2, 0.25) is 0 Å². The number of ether oxygens (including phenoxy) is 1. The van der Waals surface area contributed by atoms with E-state index < -0.39 is 0 Å². The van der Waals surface area contributed by atoms with E-state index in [1.807, 2.05) is 60.7 Å². The molecule has 3 saturated heterocycles. The van der Waals surface area contributed by atoms with Crippen LogP contribution < -0.4 is 0 Å². The van der Waals surface area contributed by atoms with Gasteiger partial charge in [-0.2, -0.15) is 0 Å². The maximum Gasteiger partial charge on any atom is 0.185 e. The molecule has 5 rings (SSSR count). The van der Waals surface area contributed by atoms with Gasteiger partial charge in [0.15, 0.2) is 5.78 Å². The third kappa shape index (κ3) is 4.12. The second-order valence-electron chi connectivity index (χ2n) is 7.29. The molecule has 3 aliphatic rings. The molecule has 2 bridgehead atoms. The Morgan fingerprint density at radius 2 is 1.77 bits per heavy atom. The van der Waals surface area contributed by atoms with Crippen LogP contribution in [-0.4, -0.2) is 30.0 Å². The Bertz CT molecular complexity index is 759. The second kappa shape index (κ2) is 7.98. The number of fused-ring (bicyclic) bond motifs is 3.